The van der Waals surface area contributed by atoms with Gasteiger partial charge in [-0.25, -0.2) is 0 Å². The Bertz CT molecular complexity index is 1280. The summed E-state index contributed by atoms with van der Waals surface area (Å²) in [5.74, 6) is -0.525. The first-order valence-electron chi connectivity index (χ1n) is 12.4. The van der Waals surface area contributed by atoms with Gasteiger partial charge in [-0.1, -0.05) is 68.5 Å². The quantitative estimate of drug-likeness (QED) is 0.136. The third kappa shape index (κ3) is 10.8. The molecule has 2 aromatic carbocycles. The Balaban J connectivity index is 0.00000274. The van der Waals surface area contributed by atoms with Crippen LogP contribution >= 0.6 is 0 Å². The van der Waals surface area contributed by atoms with Crippen molar-refractivity contribution in [2.45, 2.75) is 46.1 Å². The van der Waals surface area contributed by atoms with E-state index >= 15 is 0 Å². The number of carbonyl (C=O) groups excluding carboxylic acids is 2. The summed E-state index contributed by atoms with van der Waals surface area (Å²) < 4.78 is 10.9. The van der Waals surface area contributed by atoms with Gasteiger partial charge in [-0.05, 0) is 47.7 Å². The second kappa shape index (κ2) is 16.1. The van der Waals surface area contributed by atoms with Crippen LogP contribution in [-0.4, -0.2) is 28.7 Å². The number of nitrogens with zero attached hydrogens (tertiary/aromatic N) is 2. The van der Waals surface area contributed by atoms with E-state index < -0.39 is 22.1 Å². The summed E-state index contributed by atoms with van der Waals surface area (Å²) in [5.41, 5.74) is 3.27. The number of carbonyl (C=O) groups is 2. The van der Waals surface area contributed by atoms with Crippen LogP contribution in [0.25, 0.3) is 6.08 Å². The van der Waals surface area contributed by atoms with E-state index in [1.54, 1.807) is 36.4 Å². The van der Waals surface area contributed by atoms with Crippen molar-refractivity contribution in [2.75, 3.05) is 6.61 Å². The number of allylic oxidation sites excluding steroid dienone is 2. The number of esters is 2. The second-order valence-electron chi connectivity index (χ2n) is 8.17. The minimum Gasteiger partial charge on any atom is -0.426 e. The summed E-state index contributed by atoms with van der Waals surface area (Å²) in [5, 5.41) is 18.8. The molecule has 0 radical (unpaired) electrons. The zero-order valence-electron chi connectivity index (χ0n) is 22.2. The zero-order chi connectivity index (χ0) is 29.5. The maximum absolute atomic E-state index is 12.4. The van der Waals surface area contributed by atoms with Gasteiger partial charge < -0.3 is 19.1 Å². The molecular formula is C28H30N2O10. The Morgan fingerprint density at radius 3 is 2.00 bits per heavy atom. The molecule has 0 spiro atoms. The topological polar surface area (TPSA) is 157 Å². The molecule has 0 saturated heterocycles. The number of hydrogen-bond acceptors (Lipinski definition) is 10. The van der Waals surface area contributed by atoms with Gasteiger partial charge in [0.2, 0.25) is 0 Å². The fourth-order valence-corrected chi connectivity index (χ4v) is 3.53. The predicted octanol–water partition coefficient (Wildman–Crippen LogP) is 5.36. The SMILES string of the molecule is C=Cc1cc(OC(=O)CC2=CC=C(CO[N+](=O)[O-])CC2)ccc1OC(=O)Cc1ccc(CO[N+](=O)[O-])cc1.CC. The molecule has 1 aliphatic rings. The molecule has 12 nitrogen and oxygen atoms in total. The van der Waals surface area contributed by atoms with Gasteiger partial charge in [-0.2, -0.15) is 0 Å². The van der Waals surface area contributed by atoms with Crippen molar-refractivity contribution in [3.63, 3.8) is 0 Å². The first-order valence-corrected chi connectivity index (χ1v) is 12.4. The summed E-state index contributed by atoms with van der Waals surface area (Å²) in [6.07, 6.45) is 6.03. The van der Waals surface area contributed by atoms with Crippen LogP contribution in [0, 0.1) is 20.2 Å². The third-order valence-corrected chi connectivity index (χ3v) is 5.41. The zero-order valence-corrected chi connectivity index (χ0v) is 22.2. The molecule has 0 heterocycles. The van der Waals surface area contributed by atoms with Gasteiger partial charge in [0.05, 0.1) is 12.8 Å². The summed E-state index contributed by atoms with van der Waals surface area (Å²) in [7, 11) is 0. The monoisotopic (exact) mass is 554 g/mol. The predicted molar refractivity (Wildman–Crippen MR) is 144 cm³/mol. The van der Waals surface area contributed by atoms with Gasteiger partial charge in [-0.3, -0.25) is 9.59 Å². The molecule has 0 fully saturated rings. The van der Waals surface area contributed by atoms with Gasteiger partial charge >= 0.3 is 11.9 Å². The van der Waals surface area contributed by atoms with Crippen LogP contribution in [0.2, 0.25) is 0 Å². The molecule has 1 aliphatic carbocycles. The molecule has 3 rings (SSSR count). The highest BCUT2D eigenvalue weighted by Gasteiger charge is 2.15. The smallest absolute Gasteiger partial charge is 0.315 e. The molecule has 40 heavy (non-hydrogen) atoms. The molecule has 2 aromatic rings. The number of benzene rings is 2. The van der Waals surface area contributed by atoms with E-state index in [4.69, 9.17) is 9.47 Å². The van der Waals surface area contributed by atoms with Crippen molar-refractivity contribution < 1.29 is 38.9 Å². The largest absolute Gasteiger partial charge is 0.426 e. The normalized spacial score (nSPS) is 11.9. The van der Waals surface area contributed by atoms with Crippen LogP contribution in [-0.2, 0) is 32.3 Å². The van der Waals surface area contributed by atoms with Crippen molar-refractivity contribution in [3.05, 3.63) is 109 Å². The first kappa shape index (κ1) is 31.2. The average Bonchev–Trinajstić information content (AvgIpc) is 2.94. The number of hydrogen-bond donors (Lipinski definition) is 0. The van der Waals surface area contributed by atoms with Crippen molar-refractivity contribution in [1.29, 1.82) is 0 Å². The molecular weight excluding hydrogens is 524 g/mol. The van der Waals surface area contributed by atoms with Crippen molar-refractivity contribution in [2.24, 2.45) is 0 Å². The molecule has 0 bridgehead atoms. The minimum atomic E-state index is -0.878. The maximum atomic E-state index is 12.4. The van der Waals surface area contributed by atoms with Crippen molar-refractivity contribution in [1.82, 2.24) is 0 Å². The van der Waals surface area contributed by atoms with E-state index in [0.29, 0.717) is 29.5 Å². The maximum Gasteiger partial charge on any atom is 0.315 e. The lowest BCUT2D eigenvalue weighted by Crippen LogP contribution is -2.13. The van der Waals surface area contributed by atoms with Crippen molar-refractivity contribution >= 4 is 18.0 Å². The van der Waals surface area contributed by atoms with Crippen molar-refractivity contribution in [3.8, 4) is 11.5 Å². The third-order valence-electron chi connectivity index (χ3n) is 5.41. The van der Waals surface area contributed by atoms with Gasteiger partial charge in [-0.15, -0.1) is 20.2 Å². The molecule has 212 valence electrons. The van der Waals surface area contributed by atoms with E-state index in [1.165, 1.54) is 24.3 Å². The van der Waals surface area contributed by atoms with E-state index in [2.05, 4.69) is 16.3 Å². The van der Waals surface area contributed by atoms with Gasteiger partial charge in [0, 0.05) is 5.56 Å². The Labute approximate surface area is 230 Å². The number of ether oxygens (including phenoxy) is 2. The molecule has 0 saturated carbocycles. The fraction of sp³-hybridized carbons (Fsp3) is 0.286. The van der Waals surface area contributed by atoms with Crippen LogP contribution in [0.1, 0.15) is 49.8 Å². The van der Waals surface area contributed by atoms with Crippen LogP contribution in [0.5, 0.6) is 11.5 Å². The minimum absolute atomic E-state index is 0.0346. The highest BCUT2D eigenvalue weighted by molar-refractivity contribution is 5.78. The summed E-state index contributed by atoms with van der Waals surface area (Å²) in [4.78, 5) is 54.0. The fourth-order valence-electron chi connectivity index (χ4n) is 3.53. The summed E-state index contributed by atoms with van der Waals surface area (Å²) in [6.45, 7) is 7.42. The first-order chi connectivity index (χ1) is 19.2. The molecule has 0 N–H and O–H groups in total. The van der Waals surface area contributed by atoms with Crippen LogP contribution in [0.15, 0.2) is 72.3 Å². The van der Waals surface area contributed by atoms with E-state index in [9.17, 15) is 29.8 Å². The van der Waals surface area contributed by atoms with Gasteiger partial charge in [0.1, 0.15) is 24.7 Å². The van der Waals surface area contributed by atoms with E-state index in [1.807, 2.05) is 13.8 Å². The van der Waals surface area contributed by atoms with Crippen LogP contribution in [0.4, 0.5) is 0 Å². The van der Waals surface area contributed by atoms with Gasteiger partial charge in [0.15, 0.2) is 0 Å². The molecule has 0 amide bonds. The Morgan fingerprint density at radius 2 is 1.40 bits per heavy atom. The van der Waals surface area contributed by atoms with E-state index in [0.717, 1.165) is 11.1 Å². The Kier molecular flexibility index (Phi) is 12.5. The highest BCUT2D eigenvalue weighted by atomic mass is 17.0. The Hall–Kier alpha value is -5.00. The molecule has 12 heteroatoms. The average molecular weight is 555 g/mol. The van der Waals surface area contributed by atoms with Crippen LogP contribution in [0.3, 0.4) is 0 Å². The summed E-state index contributed by atoms with van der Waals surface area (Å²) in [6, 6.07) is 11.1. The number of rotatable bonds is 13. The molecule has 0 aromatic heterocycles. The molecule has 0 unspecified atom stereocenters. The van der Waals surface area contributed by atoms with E-state index in [-0.39, 0.29) is 37.6 Å². The van der Waals surface area contributed by atoms with Crippen LogP contribution < -0.4 is 9.47 Å². The molecule has 0 atom stereocenters. The molecule has 0 aliphatic heterocycles. The standard InChI is InChI=1S/C26H24N2O10.C2H6/c1-2-22-15-23(37-25(29)13-18-3-7-20(8-4-18)16-35-27(31)32)11-12-24(22)38-26(30)14-19-5-9-21(10-6-19)17-36-28(33)34;1-2/h2-3,5-7,9-12,15H,1,4,8,13-14,16-17H2;1-2H3. The van der Waals surface area contributed by atoms with Gasteiger partial charge in [0.25, 0.3) is 10.2 Å². The lowest BCUT2D eigenvalue weighted by Gasteiger charge is -2.14. The lowest BCUT2D eigenvalue weighted by atomic mass is 9.97. The summed E-state index contributed by atoms with van der Waals surface area (Å²) >= 11 is 0. The highest BCUT2D eigenvalue weighted by Crippen LogP contribution is 2.27. The second-order valence-corrected chi connectivity index (χ2v) is 8.17. The Morgan fingerprint density at radius 1 is 0.825 bits per heavy atom. The lowest BCUT2D eigenvalue weighted by molar-refractivity contribution is -0.763.